The van der Waals surface area contributed by atoms with E-state index in [0.717, 1.165) is 16.8 Å². The predicted octanol–water partition coefficient (Wildman–Crippen LogP) is 5.73. The van der Waals surface area contributed by atoms with Crippen LogP contribution in [-0.2, 0) is 11.3 Å². The van der Waals surface area contributed by atoms with Gasteiger partial charge in [0.25, 0.3) is 5.91 Å². The lowest BCUT2D eigenvalue weighted by Crippen LogP contribution is -2.40. The Balaban J connectivity index is 1.97. The molecule has 0 unspecified atom stereocenters. The van der Waals surface area contributed by atoms with Crippen LogP contribution in [0.3, 0.4) is 0 Å². The van der Waals surface area contributed by atoms with Crippen molar-refractivity contribution in [3.8, 4) is 0 Å². The van der Waals surface area contributed by atoms with E-state index < -0.39 is 5.41 Å². The van der Waals surface area contributed by atoms with Crippen LogP contribution in [0.4, 0.5) is 11.4 Å². The van der Waals surface area contributed by atoms with Gasteiger partial charge in [-0.25, -0.2) is 0 Å². The number of carbonyl (C=O) groups is 2. The van der Waals surface area contributed by atoms with E-state index in [9.17, 15) is 9.59 Å². The highest BCUT2D eigenvalue weighted by molar-refractivity contribution is 6.02. The first kappa shape index (κ1) is 24.1. The number of hydrogen-bond acceptors (Lipinski definition) is 4. The van der Waals surface area contributed by atoms with Crippen molar-refractivity contribution >= 4 is 23.2 Å². The fraction of sp³-hybridized carbons (Fsp3) is 0.333. The molecule has 0 aliphatic heterocycles. The van der Waals surface area contributed by atoms with E-state index >= 15 is 0 Å². The minimum absolute atomic E-state index is 0.0635. The molecule has 3 rings (SSSR count). The molecule has 3 aromatic rings. The van der Waals surface area contributed by atoms with Crippen molar-refractivity contribution in [2.24, 2.45) is 5.41 Å². The number of rotatable bonds is 7. The predicted molar refractivity (Wildman–Crippen MR) is 132 cm³/mol. The van der Waals surface area contributed by atoms with E-state index in [4.69, 9.17) is 4.42 Å². The number of anilines is 2. The van der Waals surface area contributed by atoms with Crippen LogP contribution < -0.4 is 10.2 Å². The van der Waals surface area contributed by atoms with Crippen LogP contribution in [-0.4, -0.2) is 30.8 Å². The lowest BCUT2D eigenvalue weighted by molar-refractivity contribution is -0.142. The van der Waals surface area contributed by atoms with Gasteiger partial charge in [-0.05, 0) is 48.4 Å². The van der Waals surface area contributed by atoms with Crippen LogP contribution in [0.15, 0.2) is 71.3 Å². The molecule has 0 fully saturated rings. The molecule has 1 heterocycles. The van der Waals surface area contributed by atoms with Crippen LogP contribution in [0, 0.1) is 5.41 Å². The monoisotopic (exact) mass is 447 g/mol. The minimum Gasteiger partial charge on any atom is -0.459 e. The molecule has 0 saturated heterocycles. The largest absolute Gasteiger partial charge is 0.459 e. The molecule has 1 atom stereocenters. The van der Waals surface area contributed by atoms with E-state index in [1.54, 1.807) is 12.1 Å². The van der Waals surface area contributed by atoms with Gasteiger partial charge in [0.2, 0.25) is 5.91 Å². The van der Waals surface area contributed by atoms with Gasteiger partial charge in [-0.2, -0.15) is 0 Å². The van der Waals surface area contributed by atoms with Gasteiger partial charge in [-0.3, -0.25) is 9.59 Å². The van der Waals surface area contributed by atoms with E-state index in [2.05, 4.69) is 12.2 Å². The average Bonchev–Trinajstić information content (AvgIpc) is 3.31. The molecule has 2 aromatic carbocycles. The highest BCUT2D eigenvalue weighted by atomic mass is 16.3. The van der Waals surface area contributed by atoms with Gasteiger partial charge >= 0.3 is 0 Å². The zero-order valence-electron chi connectivity index (χ0n) is 20.3. The van der Waals surface area contributed by atoms with Crippen molar-refractivity contribution in [2.45, 2.75) is 40.3 Å². The molecule has 1 N–H and O–H groups in total. The molecular formula is C27H33N3O3. The molecule has 174 valence electrons. The second-order valence-electron chi connectivity index (χ2n) is 9.44. The van der Waals surface area contributed by atoms with Crippen molar-refractivity contribution in [1.82, 2.24) is 4.90 Å². The maximum absolute atomic E-state index is 13.5. The van der Waals surface area contributed by atoms with Crippen LogP contribution in [0.5, 0.6) is 0 Å². The second kappa shape index (κ2) is 9.94. The molecule has 1 aromatic heterocycles. The number of amides is 2. The standard InChI is InChI=1S/C27H33N3O3/c1-19(20-11-8-7-9-12-20)30(26(32)27(2,3)4)18-21-17-22(14-15-23(21)29(5)6)28-25(31)24-13-10-16-33-24/h7-17,19H,18H2,1-6H3,(H,28,31)/t19-/m1/s1. The third-order valence-electron chi connectivity index (χ3n) is 5.56. The number of benzene rings is 2. The Labute approximate surface area is 196 Å². The minimum atomic E-state index is -0.535. The summed E-state index contributed by atoms with van der Waals surface area (Å²) in [5.74, 6) is -0.00659. The van der Waals surface area contributed by atoms with Gasteiger partial charge < -0.3 is 19.5 Å². The second-order valence-corrected chi connectivity index (χ2v) is 9.44. The number of furan rings is 1. The van der Waals surface area contributed by atoms with Crippen LogP contribution in [0.1, 0.15) is 55.4 Å². The van der Waals surface area contributed by atoms with E-state index in [1.165, 1.54) is 6.26 Å². The molecule has 0 bridgehead atoms. The topological polar surface area (TPSA) is 65.8 Å². The molecule has 33 heavy (non-hydrogen) atoms. The Hall–Kier alpha value is -3.54. The van der Waals surface area contributed by atoms with Gasteiger partial charge in [0.1, 0.15) is 0 Å². The number of nitrogens with zero attached hydrogens (tertiary/aromatic N) is 2. The lowest BCUT2D eigenvalue weighted by Gasteiger charge is -2.35. The first-order valence-corrected chi connectivity index (χ1v) is 11.1. The molecule has 0 spiro atoms. The lowest BCUT2D eigenvalue weighted by atomic mass is 9.92. The summed E-state index contributed by atoms with van der Waals surface area (Å²) in [7, 11) is 3.94. The maximum Gasteiger partial charge on any atom is 0.291 e. The summed E-state index contributed by atoms with van der Waals surface area (Å²) in [5.41, 5.74) is 3.11. The molecule has 0 radical (unpaired) electrons. The molecule has 2 amide bonds. The zero-order valence-corrected chi connectivity index (χ0v) is 20.3. The van der Waals surface area contributed by atoms with Gasteiger partial charge in [-0.15, -0.1) is 0 Å². The normalized spacial score (nSPS) is 12.2. The Morgan fingerprint density at radius 1 is 1.00 bits per heavy atom. The van der Waals surface area contributed by atoms with Gasteiger partial charge in [-0.1, -0.05) is 51.1 Å². The first-order chi connectivity index (χ1) is 15.6. The smallest absolute Gasteiger partial charge is 0.291 e. The summed E-state index contributed by atoms with van der Waals surface area (Å²) in [6.45, 7) is 8.27. The van der Waals surface area contributed by atoms with Crippen molar-refractivity contribution in [3.05, 3.63) is 83.8 Å². The highest BCUT2D eigenvalue weighted by Gasteiger charge is 2.31. The summed E-state index contributed by atoms with van der Waals surface area (Å²) in [6, 6.07) is 19.0. The Morgan fingerprint density at radius 2 is 1.70 bits per heavy atom. The molecule has 6 heteroatoms. The van der Waals surface area contributed by atoms with Crippen molar-refractivity contribution in [1.29, 1.82) is 0 Å². The Kier molecular flexibility index (Phi) is 7.26. The summed E-state index contributed by atoms with van der Waals surface area (Å²) >= 11 is 0. The maximum atomic E-state index is 13.5. The number of carbonyl (C=O) groups excluding carboxylic acids is 2. The summed E-state index contributed by atoms with van der Waals surface area (Å²) in [4.78, 5) is 29.9. The van der Waals surface area contributed by atoms with Gasteiger partial charge in [0.15, 0.2) is 5.76 Å². The Morgan fingerprint density at radius 3 is 2.27 bits per heavy atom. The van der Waals surface area contributed by atoms with Crippen LogP contribution in [0.2, 0.25) is 0 Å². The van der Waals surface area contributed by atoms with E-state index in [0.29, 0.717) is 12.2 Å². The van der Waals surface area contributed by atoms with Gasteiger partial charge in [0, 0.05) is 37.4 Å². The summed E-state index contributed by atoms with van der Waals surface area (Å²) in [5, 5.41) is 2.89. The highest BCUT2D eigenvalue weighted by Crippen LogP contribution is 2.32. The Bertz CT molecular complexity index is 1080. The van der Waals surface area contributed by atoms with Gasteiger partial charge in [0.05, 0.1) is 12.3 Å². The molecule has 0 saturated carbocycles. The zero-order chi connectivity index (χ0) is 24.2. The number of hydrogen-bond donors (Lipinski definition) is 1. The van der Waals surface area contributed by atoms with Crippen molar-refractivity contribution < 1.29 is 14.0 Å². The quantitative estimate of drug-likeness (QED) is 0.502. The van der Waals surface area contributed by atoms with Crippen LogP contribution in [0.25, 0.3) is 0 Å². The van der Waals surface area contributed by atoms with E-state index in [-0.39, 0.29) is 23.6 Å². The fourth-order valence-corrected chi connectivity index (χ4v) is 3.74. The SMILES string of the molecule is C[C@H](c1ccccc1)N(Cc1cc(NC(=O)c2ccco2)ccc1N(C)C)C(=O)C(C)(C)C. The summed E-state index contributed by atoms with van der Waals surface area (Å²) in [6.07, 6.45) is 1.47. The average molecular weight is 448 g/mol. The third kappa shape index (κ3) is 5.83. The summed E-state index contributed by atoms with van der Waals surface area (Å²) < 4.78 is 5.20. The molecule has 0 aliphatic rings. The fourth-order valence-electron chi connectivity index (χ4n) is 3.74. The van der Waals surface area contributed by atoms with Crippen molar-refractivity contribution in [2.75, 3.05) is 24.3 Å². The molecule has 6 nitrogen and oxygen atoms in total. The third-order valence-corrected chi connectivity index (χ3v) is 5.56. The first-order valence-electron chi connectivity index (χ1n) is 11.1. The molecule has 0 aliphatic carbocycles. The van der Waals surface area contributed by atoms with Crippen molar-refractivity contribution in [3.63, 3.8) is 0 Å². The number of nitrogens with one attached hydrogen (secondary N) is 1. The molecular weight excluding hydrogens is 414 g/mol. The van der Waals surface area contributed by atoms with E-state index in [1.807, 2.05) is 93.2 Å². The van der Waals surface area contributed by atoms with Crippen LogP contribution >= 0.6 is 0 Å².